The van der Waals surface area contributed by atoms with Crippen LogP contribution in [-0.4, -0.2) is 18.7 Å². The SMILES string of the molecule is C=CCc1cc(/C=N\NC(=O)c2ccc(C)c(Cl)c2)cc(OCC)c1OCc1ccccc1C#N. The number of hydrogen-bond donors (Lipinski definition) is 1. The molecule has 0 saturated carbocycles. The van der Waals surface area contributed by atoms with Crippen LogP contribution < -0.4 is 14.9 Å². The molecule has 0 fully saturated rings. The molecule has 7 heteroatoms. The minimum atomic E-state index is -0.365. The number of benzene rings is 3. The average molecular weight is 488 g/mol. The molecule has 3 aromatic rings. The summed E-state index contributed by atoms with van der Waals surface area (Å²) >= 11 is 6.11. The monoisotopic (exact) mass is 487 g/mol. The largest absolute Gasteiger partial charge is 0.490 e. The summed E-state index contributed by atoms with van der Waals surface area (Å²) in [6.45, 7) is 8.25. The zero-order valence-electron chi connectivity index (χ0n) is 19.7. The van der Waals surface area contributed by atoms with E-state index in [1.54, 1.807) is 36.4 Å². The van der Waals surface area contributed by atoms with Gasteiger partial charge in [-0.2, -0.15) is 10.4 Å². The van der Waals surface area contributed by atoms with Gasteiger partial charge in [-0.3, -0.25) is 4.79 Å². The standard InChI is InChI=1S/C28H26ClN3O3/c1-4-8-21-13-20(17-31-32-28(33)22-12-11-19(3)25(29)15-22)14-26(34-5-2)27(21)35-18-24-10-7-6-9-23(24)16-30/h4,6-7,9-15,17H,1,5,8,18H2,2-3H3,(H,32,33)/b31-17-. The number of hydrogen-bond acceptors (Lipinski definition) is 5. The highest BCUT2D eigenvalue weighted by Gasteiger charge is 2.14. The van der Waals surface area contributed by atoms with E-state index in [1.165, 1.54) is 6.21 Å². The summed E-state index contributed by atoms with van der Waals surface area (Å²) in [7, 11) is 0. The fourth-order valence-electron chi connectivity index (χ4n) is 3.36. The van der Waals surface area contributed by atoms with Gasteiger partial charge in [0.15, 0.2) is 11.5 Å². The Kier molecular flexibility index (Phi) is 9.05. The molecule has 0 heterocycles. The fourth-order valence-corrected chi connectivity index (χ4v) is 3.54. The van der Waals surface area contributed by atoms with Gasteiger partial charge in [-0.25, -0.2) is 5.43 Å². The van der Waals surface area contributed by atoms with Gasteiger partial charge in [0.1, 0.15) is 6.61 Å². The fraction of sp³-hybridized carbons (Fsp3) is 0.179. The van der Waals surface area contributed by atoms with Crippen molar-refractivity contribution in [3.63, 3.8) is 0 Å². The van der Waals surface area contributed by atoms with Crippen LogP contribution in [0.25, 0.3) is 0 Å². The topological polar surface area (TPSA) is 83.7 Å². The van der Waals surface area contributed by atoms with Crippen molar-refractivity contribution in [3.8, 4) is 17.6 Å². The molecule has 0 aromatic heterocycles. The van der Waals surface area contributed by atoms with Crippen LogP contribution in [0, 0.1) is 18.3 Å². The number of amides is 1. The Bertz CT molecular complexity index is 1300. The van der Waals surface area contributed by atoms with Crippen LogP contribution in [-0.2, 0) is 13.0 Å². The molecule has 0 aliphatic carbocycles. The number of halogens is 1. The molecule has 1 N–H and O–H groups in total. The first-order chi connectivity index (χ1) is 17.0. The number of nitriles is 1. The molecular formula is C28H26ClN3O3. The van der Waals surface area contributed by atoms with Gasteiger partial charge in [-0.1, -0.05) is 41.9 Å². The minimum absolute atomic E-state index is 0.219. The number of ether oxygens (including phenoxy) is 2. The van der Waals surface area contributed by atoms with Gasteiger partial charge >= 0.3 is 0 Å². The highest BCUT2D eigenvalue weighted by Crippen LogP contribution is 2.34. The van der Waals surface area contributed by atoms with Gasteiger partial charge < -0.3 is 9.47 Å². The summed E-state index contributed by atoms with van der Waals surface area (Å²) < 4.78 is 12.0. The van der Waals surface area contributed by atoms with Gasteiger partial charge in [0, 0.05) is 21.7 Å². The Balaban J connectivity index is 1.83. The van der Waals surface area contributed by atoms with E-state index in [9.17, 15) is 10.1 Å². The third kappa shape index (κ3) is 6.72. The number of nitrogens with one attached hydrogen (secondary N) is 1. The van der Waals surface area contributed by atoms with Gasteiger partial charge in [-0.15, -0.1) is 6.58 Å². The summed E-state index contributed by atoms with van der Waals surface area (Å²) in [4.78, 5) is 12.4. The van der Waals surface area contributed by atoms with Crippen LogP contribution in [0.5, 0.6) is 11.5 Å². The van der Waals surface area contributed by atoms with E-state index in [1.807, 2.05) is 38.1 Å². The molecule has 0 saturated heterocycles. The zero-order chi connectivity index (χ0) is 25.2. The number of hydrazone groups is 1. The Hall–Kier alpha value is -4.08. The maximum atomic E-state index is 12.4. The van der Waals surface area contributed by atoms with Crippen molar-refractivity contribution in [2.45, 2.75) is 26.9 Å². The van der Waals surface area contributed by atoms with Crippen molar-refractivity contribution in [2.24, 2.45) is 5.10 Å². The van der Waals surface area contributed by atoms with E-state index >= 15 is 0 Å². The quantitative estimate of drug-likeness (QED) is 0.216. The molecule has 3 rings (SSSR count). The molecule has 1 amide bonds. The molecule has 0 unspecified atom stereocenters. The molecule has 35 heavy (non-hydrogen) atoms. The molecule has 0 bridgehead atoms. The van der Waals surface area contributed by atoms with Gasteiger partial charge in [0.2, 0.25) is 0 Å². The van der Waals surface area contributed by atoms with Crippen LogP contribution in [0.15, 0.2) is 72.4 Å². The molecule has 0 atom stereocenters. The predicted octanol–water partition coefficient (Wildman–Crippen LogP) is 5.99. The molecule has 0 aliphatic heterocycles. The van der Waals surface area contributed by atoms with Crippen molar-refractivity contribution in [1.82, 2.24) is 5.43 Å². The third-order valence-electron chi connectivity index (χ3n) is 5.14. The van der Waals surface area contributed by atoms with E-state index in [-0.39, 0.29) is 12.5 Å². The van der Waals surface area contributed by atoms with Gasteiger partial charge in [0.05, 0.1) is 24.5 Å². The normalized spacial score (nSPS) is 10.6. The molecule has 6 nitrogen and oxygen atoms in total. The van der Waals surface area contributed by atoms with Crippen LogP contribution in [0.1, 0.15) is 45.1 Å². The number of carbonyl (C=O) groups excluding carboxylic acids is 1. The number of allylic oxidation sites excluding steroid dienone is 1. The van der Waals surface area contributed by atoms with Crippen molar-refractivity contribution in [2.75, 3.05) is 6.61 Å². The first-order valence-corrected chi connectivity index (χ1v) is 11.5. The van der Waals surface area contributed by atoms with Crippen molar-refractivity contribution in [1.29, 1.82) is 5.26 Å². The van der Waals surface area contributed by atoms with E-state index < -0.39 is 0 Å². The molecule has 0 aliphatic rings. The maximum absolute atomic E-state index is 12.4. The first kappa shape index (κ1) is 25.5. The highest BCUT2D eigenvalue weighted by molar-refractivity contribution is 6.31. The number of nitrogens with zero attached hydrogens (tertiary/aromatic N) is 2. The van der Waals surface area contributed by atoms with E-state index in [4.69, 9.17) is 21.1 Å². The highest BCUT2D eigenvalue weighted by atomic mass is 35.5. The molecule has 0 spiro atoms. The molecule has 3 aromatic carbocycles. The minimum Gasteiger partial charge on any atom is -0.490 e. The Morgan fingerprint density at radius 2 is 1.97 bits per heavy atom. The van der Waals surface area contributed by atoms with Crippen molar-refractivity contribution < 1.29 is 14.3 Å². The van der Waals surface area contributed by atoms with E-state index in [0.29, 0.717) is 40.7 Å². The lowest BCUT2D eigenvalue weighted by atomic mass is 10.1. The second kappa shape index (κ2) is 12.4. The van der Waals surface area contributed by atoms with Crippen LogP contribution in [0.3, 0.4) is 0 Å². The van der Waals surface area contributed by atoms with Gasteiger partial charge in [-0.05, 0) is 61.7 Å². The lowest BCUT2D eigenvalue weighted by Crippen LogP contribution is -2.17. The summed E-state index contributed by atoms with van der Waals surface area (Å²) in [6.07, 6.45) is 3.84. The number of aryl methyl sites for hydroxylation is 1. The van der Waals surface area contributed by atoms with Crippen LogP contribution >= 0.6 is 11.6 Å². The third-order valence-corrected chi connectivity index (χ3v) is 5.55. The summed E-state index contributed by atoms with van der Waals surface area (Å²) in [5.74, 6) is 0.755. The lowest BCUT2D eigenvalue weighted by Gasteiger charge is -2.17. The van der Waals surface area contributed by atoms with Crippen molar-refractivity contribution >= 4 is 23.7 Å². The summed E-state index contributed by atoms with van der Waals surface area (Å²) in [6, 6.07) is 18.2. The van der Waals surface area contributed by atoms with Crippen LogP contribution in [0.4, 0.5) is 0 Å². The van der Waals surface area contributed by atoms with Crippen LogP contribution in [0.2, 0.25) is 5.02 Å². The Morgan fingerprint density at radius 1 is 1.17 bits per heavy atom. The smallest absolute Gasteiger partial charge is 0.271 e. The number of rotatable bonds is 10. The first-order valence-electron chi connectivity index (χ1n) is 11.1. The molecule has 0 radical (unpaired) electrons. The van der Waals surface area contributed by atoms with E-state index in [2.05, 4.69) is 23.2 Å². The average Bonchev–Trinajstić information content (AvgIpc) is 2.85. The van der Waals surface area contributed by atoms with Crippen molar-refractivity contribution in [3.05, 3.63) is 106 Å². The molecule has 178 valence electrons. The Morgan fingerprint density at radius 3 is 2.69 bits per heavy atom. The summed E-state index contributed by atoms with van der Waals surface area (Å²) in [5.41, 5.74) is 6.74. The number of carbonyl (C=O) groups is 1. The maximum Gasteiger partial charge on any atom is 0.271 e. The van der Waals surface area contributed by atoms with Gasteiger partial charge in [0.25, 0.3) is 5.91 Å². The second-order valence-electron chi connectivity index (χ2n) is 7.65. The predicted molar refractivity (Wildman–Crippen MR) is 138 cm³/mol. The zero-order valence-corrected chi connectivity index (χ0v) is 20.4. The second-order valence-corrected chi connectivity index (χ2v) is 8.06. The Labute approximate surface area is 210 Å². The molecular weight excluding hydrogens is 462 g/mol. The van der Waals surface area contributed by atoms with E-state index in [0.717, 1.165) is 22.3 Å². The lowest BCUT2D eigenvalue weighted by molar-refractivity contribution is 0.0955. The summed E-state index contributed by atoms with van der Waals surface area (Å²) in [5, 5.41) is 14.0.